The molecule has 0 aliphatic carbocycles. The zero-order valence-electron chi connectivity index (χ0n) is 13.5. The molecule has 3 aromatic carbocycles. The van der Waals surface area contributed by atoms with Crippen molar-refractivity contribution in [2.75, 3.05) is 6.61 Å². The fraction of sp³-hybridized carbons (Fsp3) is 0.0455. The molecule has 0 saturated heterocycles. The van der Waals surface area contributed by atoms with E-state index in [4.69, 9.17) is 9.47 Å². The Bertz CT molecular complexity index is 925. The molecule has 122 valence electrons. The third-order valence-corrected chi connectivity index (χ3v) is 4.01. The first-order valence-electron chi connectivity index (χ1n) is 8.10. The summed E-state index contributed by atoms with van der Waals surface area (Å²) in [4.78, 5) is 12.6. The Morgan fingerprint density at radius 3 is 2.28 bits per heavy atom. The highest BCUT2D eigenvalue weighted by atomic mass is 16.5. The summed E-state index contributed by atoms with van der Waals surface area (Å²) in [5, 5.41) is 0. The molecule has 3 nitrogen and oxygen atoms in total. The highest BCUT2D eigenvalue weighted by molar-refractivity contribution is 6.14. The van der Waals surface area contributed by atoms with Crippen molar-refractivity contribution in [2.24, 2.45) is 0 Å². The molecule has 0 atom stereocenters. The van der Waals surface area contributed by atoms with Gasteiger partial charge in [0.1, 0.15) is 23.9 Å². The van der Waals surface area contributed by atoms with E-state index in [-0.39, 0.29) is 12.4 Å². The molecular weight excluding hydrogens is 312 g/mol. The highest BCUT2D eigenvalue weighted by Crippen LogP contribution is 2.28. The van der Waals surface area contributed by atoms with Crippen molar-refractivity contribution >= 4 is 11.9 Å². The molecule has 0 spiro atoms. The van der Waals surface area contributed by atoms with Gasteiger partial charge in [0.15, 0.2) is 5.78 Å². The topological polar surface area (TPSA) is 35.5 Å². The molecule has 0 unspecified atom stereocenters. The van der Waals surface area contributed by atoms with Crippen LogP contribution in [-0.2, 0) is 0 Å². The van der Waals surface area contributed by atoms with Gasteiger partial charge in [-0.1, -0.05) is 42.5 Å². The van der Waals surface area contributed by atoms with Gasteiger partial charge in [-0.2, -0.15) is 0 Å². The van der Waals surface area contributed by atoms with Crippen molar-refractivity contribution in [3.8, 4) is 17.2 Å². The number of Topliss-reactive ketones (excluding diaryl/α,β-unsaturated/α-hetero) is 1. The van der Waals surface area contributed by atoms with E-state index in [2.05, 4.69) is 0 Å². The van der Waals surface area contributed by atoms with Crippen molar-refractivity contribution in [1.29, 1.82) is 0 Å². The summed E-state index contributed by atoms with van der Waals surface area (Å²) in [6, 6.07) is 24.6. The van der Waals surface area contributed by atoms with Crippen LogP contribution >= 0.6 is 0 Å². The van der Waals surface area contributed by atoms with Crippen molar-refractivity contribution in [3.63, 3.8) is 0 Å². The molecule has 4 rings (SSSR count). The number of para-hydroxylation sites is 2. The van der Waals surface area contributed by atoms with Crippen molar-refractivity contribution in [1.82, 2.24) is 0 Å². The molecule has 3 heteroatoms. The number of ketones is 1. The van der Waals surface area contributed by atoms with Crippen LogP contribution in [0.1, 0.15) is 15.9 Å². The molecule has 0 saturated carbocycles. The largest absolute Gasteiger partial charge is 0.488 e. The molecule has 25 heavy (non-hydrogen) atoms. The standard InChI is InChI=1S/C22H16O3/c23-22-17(15-24-21-9-5-4-8-20(21)22)14-16-10-12-19(13-11-16)25-18-6-2-1-3-7-18/h1-14H,15H2/b17-14+. The van der Waals surface area contributed by atoms with Gasteiger partial charge in [0.05, 0.1) is 5.56 Å². The molecule has 1 aliphatic rings. The molecule has 0 aromatic heterocycles. The Labute approximate surface area is 146 Å². The number of fused-ring (bicyclic) bond motifs is 1. The summed E-state index contributed by atoms with van der Waals surface area (Å²) < 4.78 is 11.4. The van der Waals surface area contributed by atoms with Crippen LogP contribution in [0.4, 0.5) is 0 Å². The lowest BCUT2D eigenvalue weighted by molar-refractivity contribution is 0.100. The third-order valence-electron chi connectivity index (χ3n) is 4.01. The zero-order chi connectivity index (χ0) is 17.1. The average Bonchev–Trinajstić information content (AvgIpc) is 2.67. The quantitative estimate of drug-likeness (QED) is 0.625. The minimum Gasteiger partial charge on any atom is -0.488 e. The SMILES string of the molecule is O=C1/C(=C/c2ccc(Oc3ccccc3)cc2)COc2ccccc21. The fourth-order valence-electron chi connectivity index (χ4n) is 2.74. The number of hydrogen-bond donors (Lipinski definition) is 0. The second-order valence-corrected chi connectivity index (χ2v) is 5.77. The molecule has 1 aliphatic heterocycles. The maximum atomic E-state index is 12.6. The van der Waals surface area contributed by atoms with Gasteiger partial charge < -0.3 is 9.47 Å². The maximum Gasteiger partial charge on any atom is 0.196 e. The van der Waals surface area contributed by atoms with Crippen molar-refractivity contribution in [2.45, 2.75) is 0 Å². The summed E-state index contributed by atoms with van der Waals surface area (Å²) in [6.45, 7) is 0.290. The number of carbonyl (C=O) groups excluding carboxylic acids is 1. The van der Waals surface area contributed by atoms with Gasteiger partial charge in [-0.25, -0.2) is 0 Å². The summed E-state index contributed by atoms with van der Waals surface area (Å²) in [5.74, 6) is 2.22. The predicted octanol–water partition coefficient (Wildman–Crippen LogP) is 5.14. The van der Waals surface area contributed by atoms with Gasteiger partial charge in [-0.05, 0) is 48.0 Å². The predicted molar refractivity (Wildman–Crippen MR) is 97.2 cm³/mol. The van der Waals surface area contributed by atoms with Crippen LogP contribution in [0.5, 0.6) is 17.2 Å². The molecule has 0 radical (unpaired) electrons. The fourth-order valence-corrected chi connectivity index (χ4v) is 2.74. The first-order chi connectivity index (χ1) is 12.3. The normalized spacial score (nSPS) is 14.7. The zero-order valence-corrected chi connectivity index (χ0v) is 13.5. The van der Waals surface area contributed by atoms with Gasteiger partial charge in [-0.15, -0.1) is 0 Å². The minimum absolute atomic E-state index is 0.0199. The van der Waals surface area contributed by atoms with E-state index in [1.807, 2.05) is 78.9 Å². The van der Waals surface area contributed by atoms with E-state index >= 15 is 0 Å². The van der Waals surface area contributed by atoms with Gasteiger partial charge in [0.25, 0.3) is 0 Å². The number of benzene rings is 3. The van der Waals surface area contributed by atoms with Crippen LogP contribution in [0, 0.1) is 0 Å². The van der Waals surface area contributed by atoms with Gasteiger partial charge in [0, 0.05) is 5.57 Å². The van der Waals surface area contributed by atoms with Crippen LogP contribution < -0.4 is 9.47 Å². The summed E-state index contributed by atoms with van der Waals surface area (Å²) in [6.07, 6.45) is 1.87. The Kier molecular flexibility index (Phi) is 4.05. The van der Waals surface area contributed by atoms with Crippen LogP contribution in [0.25, 0.3) is 6.08 Å². The van der Waals surface area contributed by atoms with E-state index in [9.17, 15) is 4.79 Å². The van der Waals surface area contributed by atoms with E-state index in [1.165, 1.54) is 0 Å². The summed E-state index contributed by atoms with van der Waals surface area (Å²) in [7, 11) is 0. The number of hydrogen-bond acceptors (Lipinski definition) is 3. The molecule has 1 heterocycles. The monoisotopic (exact) mass is 328 g/mol. The second-order valence-electron chi connectivity index (χ2n) is 5.77. The lowest BCUT2D eigenvalue weighted by atomic mass is 9.98. The lowest BCUT2D eigenvalue weighted by Gasteiger charge is -2.18. The Morgan fingerprint density at radius 1 is 0.800 bits per heavy atom. The maximum absolute atomic E-state index is 12.6. The molecule has 0 N–H and O–H groups in total. The van der Waals surface area contributed by atoms with E-state index in [0.717, 1.165) is 17.1 Å². The smallest absolute Gasteiger partial charge is 0.196 e. The van der Waals surface area contributed by atoms with Crippen molar-refractivity contribution < 1.29 is 14.3 Å². The minimum atomic E-state index is 0.0199. The van der Waals surface area contributed by atoms with E-state index in [0.29, 0.717) is 16.9 Å². The first kappa shape index (κ1) is 15.2. The van der Waals surface area contributed by atoms with Gasteiger partial charge in [-0.3, -0.25) is 4.79 Å². The first-order valence-corrected chi connectivity index (χ1v) is 8.10. The Morgan fingerprint density at radius 2 is 1.48 bits per heavy atom. The number of rotatable bonds is 3. The van der Waals surface area contributed by atoms with Crippen LogP contribution in [0.3, 0.4) is 0 Å². The second kappa shape index (κ2) is 6.65. The average molecular weight is 328 g/mol. The summed E-state index contributed by atoms with van der Waals surface area (Å²) >= 11 is 0. The Hall–Kier alpha value is -3.33. The van der Waals surface area contributed by atoms with Crippen LogP contribution in [0.15, 0.2) is 84.4 Å². The van der Waals surface area contributed by atoms with Crippen molar-refractivity contribution in [3.05, 3.63) is 95.6 Å². The van der Waals surface area contributed by atoms with E-state index in [1.54, 1.807) is 6.07 Å². The highest BCUT2D eigenvalue weighted by Gasteiger charge is 2.22. The summed E-state index contributed by atoms with van der Waals surface area (Å²) in [5.41, 5.74) is 2.20. The molecule has 0 fully saturated rings. The lowest BCUT2D eigenvalue weighted by Crippen LogP contribution is -2.18. The molecule has 0 amide bonds. The van der Waals surface area contributed by atoms with Crippen LogP contribution in [-0.4, -0.2) is 12.4 Å². The van der Waals surface area contributed by atoms with E-state index < -0.39 is 0 Å². The molecule has 0 bridgehead atoms. The third kappa shape index (κ3) is 3.31. The number of ether oxygens (including phenoxy) is 2. The van der Waals surface area contributed by atoms with Crippen LogP contribution in [0.2, 0.25) is 0 Å². The van der Waals surface area contributed by atoms with Gasteiger partial charge in [0.2, 0.25) is 0 Å². The molecular formula is C22H16O3. The Balaban J connectivity index is 1.53. The number of carbonyl (C=O) groups is 1. The van der Waals surface area contributed by atoms with Gasteiger partial charge >= 0.3 is 0 Å². The molecule has 3 aromatic rings.